The summed E-state index contributed by atoms with van der Waals surface area (Å²) in [5, 5.41) is 9.33. The summed E-state index contributed by atoms with van der Waals surface area (Å²) in [5.41, 5.74) is -0.681. The van der Waals surface area contributed by atoms with Gasteiger partial charge in [0, 0.05) is 11.9 Å². The summed E-state index contributed by atoms with van der Waals surface area (Å²) in [5.74, 6) is -0.712. The van der Waals surface area contributed by atoms with Crippen molar-refractivity contribution in [2.75, 3.05) is 5.32 Å². The highest BCUT2D eigenvalue weighted by Gasteiger charge is 2.31. The van der Waals surface area contributed by atoms with Gasteiger partial charge in [-0.25, -0.2) is 22.2 Å². The van der Waals surface area contributed by atoms with Crippen LogP contribution in [0.1, 0.15) is 42.8 Å². The largest absolute Gasteiger partial charge is 0.324 e. The molecule has 0 aliphatic carbocycles. The normalized spacial score (nSPS) is 12.6. The number of carbonyl (C=O) groups excluding carboxylic acids is 1. The molecule has 6 nitrogen and oxygen atoms in total. The van der Waals surface area contributed by atoms with E-state index in [2.05, 4.69) is 31.4 Å². The average molecular weight is 509 g/mol. The van der Waals surface area contributed by atoms with E-state index in [4.69, 9.17) is 11.6 Å². The molecule has 1 aromatic carbocycles. The van der Waals surface area contributed by atoms with Gasteiger partial charge < -0.3 is 5.32 Å². The first-order valence-electron chi connectivity index (χ1n) is 8.59. The minimum atomic E-state index is -3.18. The Kier molecular flexibility index (Phi) is 6.81. The molecule has 0 radical (unpaired) electrons. The van der Waals surface area contributed by atoms with Gasteiger partial charge in [-0.2, -0.15) is 10.2 Å². The van der Waals surface area contributed by atoms with Crippen molar-refractivity contribution in [3.05, 3.63) is 63.1 Å². The molecule has 1 N–H and O–H groups in total. The lowest BCUT2D eigenvalue weighted by molar-refractivity contribution is -0.119. The summed E-state index contributed by atoms with van der Waals surface area (Å²) in [4.78, 5) is 12.6. The Morgan fingerprint density at radius 1 is 1.27 bits per heavy atom. The monoisotopic (exact) mass is 507 g/mol. The summed E-state index contributed by atoms with van der Waals surface area (Å²) in [7, 11) is 0. The molecule has 0 fully saturated rings. The lowest BCUT2D eigenvalue weighted by Crippen LogP contribution is -2.26. The van der Waals surface area contributed by atoms with Gasteiger partial charge in [0.15, 0.2) is 0 Å². The van der Waals surface area contributed by atoms with Crippen molar-refractivity contribution < 1.29 is 22.4 Å². The molecule has 2 heterocycles. The molecule has 0 aliphatic rings. The maximum absolute atomic E-state index is 13.3. The van der Waals surface area contributed by atoms with Gasteiger partial charge in [0.05, 0.1) is 22.2 Å². The highest BCUT2D eigenvalue weighted by Crippen LogP contribution is 2.36. The molecular formula is C18H15BrClF4N5O. The molecule has 0 saturated carbocycles. The third-order valence-electron chi connectivity index (χ3n) is 4.21. The van der Waals surface area contributed by atoms with Gasteiger partial charge >= 0.3 is 0 Å². The van der Waals surface area contributed by atoms with Crippen molar-refractivity contribution in [2.45, 2.75) is 32.4 Å². The van der Waals surface area contributed by atoms with E-state index >= 15 is 0 Å². The smallest absolute Gasteiger partial charge is 0.283 e. The first kappa shape index (κ1) is 22.3. The molecule has 1 amide bonds. The van der Waals surface area contributed by atoms with Crippen LogP contribution in [0.15, 0.2) is 41.1 Å². The third-order valence-corrected chi connectivity index (χ3v) is 5.01. The fraction of sp³-hybridized carbons (Fsp3) is 0.278. The standard InChI is InChI=1S/C18H15BrClF4N5O/c1-9(29-15(17(23)24)13(20)14(27-29)16(21)22)18(30)26-12-4-2-3-10(5-12)7-28-8-11(19)6-25-28/h2-6,8-9,16-17H,7H2,1H3,(H,26,30). The number of hydrogen-bond donors (Lipinski definition) is 1. The van der Waals surface area contributed by atoms with E-state index in [9.17, 15) is 22.4 Å². The number of nitrogens with one attached hydrogen (secondary N) is 1. The Morgan fingerprint density at radius 2 is 2.00 bits per heavy atom. The van der Waals surface area contributed by atoms with Crippen molar-refractivity contribution in [3.8, 4) is 0 Å². The van der Waals surface area contributed by atoms with Gasteiger partial charge in [0.1, 0.15) is 17.4 Å². The number of halogens is 6. The van der Waals surface area contributed by atoms with Gasteiger partial charge in [-0.05, 0) is 40.5 Å². The SMILES string of the molecule is CC(C(=O)Nc1cccc(Cn2cc(Br)cn2)c1)n1nc(C(F)F)c(Cl)c1C(F)F. The van der Waals surface area contributed by atoms with Crippen molar-refractivity contribution >= 4 is 39.1 Å². The topological polar surface area (TPSA) is 64.7 Å². The molecule has 3 rings (SSSR count). The number of hydrogen-bond acceptors (Lipinski definition) is 3. The Labute approximate surface area is 181 Å². The van der Waals surface area contributed by atoms with Gasteiger partial charge in [-0.1, -0.05) is 23.7 Å². The molecule has 1 atom stereocenters. The second-order valence-electron chi connectivity index (χ2n) is 6.35. The number of nitrogens with zero attached hydrogens (tertiary/aromatic N) is 4. The van der Waals surface area contributed by atoms with Crippen molar-refractivity contribution in [3.63, 3.8) is 0 Å². The lowest BCUT2D eigenvalue weighted by atomic mass is 10.2. The van der Waals surface area contributed by atoms with Crippen LogP contribution in [0.25, 0.3) is 0 Å². The number of amides is 1. The van der Waals surface area contributed by atoms with Crippen LogP contribution in [0.5, 0.6) is 0 Å². The predicted octanol–water partition coefficient (Wildman–Crippen LogP) is 5.62. The summed E-state index contributed by atoms with van der Waals surface area (Å²) < 4.78 is 55.7. The van der Waals surface area contributed by atoms with E-state index < -0.39 is 41.2 Å². The molecule has 3 aromatic rings. The van der Waals surface area contributed by atoms with Crippen LogP contribution >= 0.6 is 27.5 Å². The fourth-order valence-corrected chi connectivity index (χ4v) is 3.41. The van der Waals surface area contributed by atoms with Crippen LogP contribution in [0.2, 0.25) is 5.02 Å². The number of anilines is 1. The number of carbonyl (C=O) groups is 1. The third kappa shape index (κ3) is 4.84. The number of aromatic nitrogens is 4. The molecular weight excluding hydrogens is 494 g/mol. The number of alkyl halides is 4. The summed E-state index contributed by atoms with van der Waals surface area (Å²) >= 11 is 8.95. The van der Waals surface area contributed by atoms with Crippen LogP contribution in [-0.4, -0.2) is 25.5 Å². The molecule has 12 heteroatoms. The highest BCUT2D eigenvalue weighted by molar-refractivity contribution is 9.10. The molecule has 160 valence electrons. The highest BCUT2D eigenvalue weighted by atomic mass is 79.9. The van der Waals surface area contributed by atoms with E-state index in [-0.39, 0.29) is 0 Å². The molecule has 0 saturated heterocycles. The Morgan fingerprint density at radius 3 is 2.60 bits per heavy atom. The first-order chi connectivity index (χ1) is 14.2. The lowest BCUT2D eigenvalue weighted by Gasteiger charge is -2.16. The second kappa shape index (κ2) is 9.17. The molecule has 0 spiro atoms. The second-order valence-corrected chi connectivity index (χ2v) is 7.65. The van der Waals surface area contributed by atoms with E-state index in [0.717, 1.165) is 10.0 Å². The summed E-state index contributed by atoms with van der Waals surface area (Å²) in [6, 6.07) is 5.53. The van der Waals surface area contributed by atoms with E-state index in [1.807, 2.05) is 6.07 Å². The van der Waals surface area contributed by atoms with Crippen LogP contribution in [0.4, 0.5) is 23.2 Å². The van der Waals surface area contributed by atoms with Gasteiger partial charge in [0.2, 0.25) is 5.91 Å². The van der Waals surface area contributed by atoms with Crippen LogP contribution in [-0.2, 0) is 11.3 Å². The Balaban J connectivity index is 1.79. The van der Waals surface area contributed by atoms with Crippen LogP contribution in [0, 0.1) is 0 Å². The molecule has 1 unspecified atom stereocenters. The average Bonchev–Trinajstić information content (AvgIpc) is 3.24. The zero-order valence-electron chi connectivity index (χ0n) is 15.4. The summed E-state index contributed by atoms with van der Waals surface area (Å²) in [6.07, 6.45) is -2.91. The zero-order chi connectivity index (χ0) is 22.0. The van der Waals surface area contributed by atoms with Crippen molar-refractivity contribution in [2.24, 2.45) is 0 Å². The molecule has 0 aliphatic heterocycles. The van der Waals surface area contributed by atoms with E-state index in [1.54, 1.807) is 35.3 Å². The van der Waals surface area contributed by atoms with Crippen LogP contribution in [0.3, 0.4) is 0 Å². The first-order valence-corrected chi connectivity index (χ1v) is 9.76. The fourth-order valence-electron chi connectivity index (χ4n) is 2.79. The molecule has 30 heavy (non-hydrogen) atoms. The Bertz CT molecular complexity index is 1060. The Hall–Kier alpha value is -2.40. The number of benzene rings is 1. The van der Waals surface area contributed by atoms with Gasteiger partial charge in [-0.15, -0.1) is 0 Å². The number of rotatable bonds is 7. The van der Waals surface area contributed by atoms with Gasteiger partial charge in [0.25, 0.3) is 12.9 Å². The predicted molar refractivity (Wildman–Crippen MR) is 106 cm³/mol. The van der Waals surface area contributed by atoms with Crippen LogP contribution < -0.4 is 5.32 Å². The summed E-state index contributed by atoms with van der Waals surface area (Å²) in [6.45, 7) is 1.71. The quantitative estimate of drug-likeness (QED) is 0.422. The van der Waals surface area contributed by atoms with Crippen molar-refractivity contribution in [1.82, 2.24) is 19.6 Å². The molecule has 2 aromatic heterocycles. The van der Waals surface area contributed by atoms with E-state index in [0.29, 0.717) is 16.9 Å². The van der Waals surface area contributed by atoms with E-state index in [1.165, 1.54) is 6.92 Å². The van der Waals surface area contributed by atoms with Gasteiger partial charge in [-0.3, -0.25) is 9.48 Å². The minimum Gasteiger partial charge on any atom is -0.324 e. The maximum atomic E-state index is 13.3. The maximum Gasteiger partial charge on any atom is 0.283 e. The molecule has 0 bridgehead atoms. The van der Waals surface area contributed by atoms with Crippen molar-refractivity contribution in [1.29, 1.82) is 0 Å². The minimum absolute atomic E-state index is 0.404. The zero-order valence-corrected chi connectivity index (χ0v) is 17.7.